The summed E-state index contributed by atoms with van der Waals surface area (Å²) in [6, 6.07) is 7.80. The molecule has 1 aromatic carbocycles. The van der Waals surface area contributed by atoms with E-state index in [9.17, 15) is 19.5 Å². The molecule has 0 radical (unpaired) electrons. The smallest absolute Gasteiger partial charge is 0.408 e. The van der Waals surface area contributed by atoms with Crippen molar-refractivity contribution in [1.82, 2.24) is 10.2 Å². The van der Waals surface area contributed by atoms with Crippen molar-refractivity contribution < 1.29 is 24.2 Å². The van der Waals surface area contributed by atoms with E-state index in [0.717, 1.165) is 50.5 Å². The molecule has 1 aromatic rings. The monoisotopic (exact) mass is 402 g/mol. The van der Waals surface area contributed by atoms with Gasteiger partial charge in [-0.05, 0) is 43.6 Å². The highest BCUT2D eigenvalue weighted by atomic mass is 16.5. The summed E-state index contributed by atoms with van der Waals surface area (Å²) in [6.07, 6.45) is 6.24. The second kappa shape index (κ2) is 10.3. The lowest BCUT2D eigenvalue weighted by molar-refractivity contribution is -0.153. The van der Waals surface area contributed by atoms with E-state index in [1.165, 1.54) is 4.90 Å². The normalized spacial score (nSPS) is 21.2. The first-order valence-corrected chi connectivity index (χ1v) is 10.6. The van der Waals surface area contributed by atoms with Crippen molar-refractivity contribution in [1.29, 1.82) is 0 Å². The highest BCUT2D eigenvalue weighted by Crippen LogP contribution is 2.29. The van der Waals surface area contributed by atoms with Crippen LogP contribution in [0.1, 0.15) is 56.9 Å². The molecular weight excluding hydrogens is 372 g/mol. The van der Waals surface area contributed by atoms with E-state index in [-0.39, 0.29) is 18.4 Å². The molecule has 2 amide bonds. The number of alkyl carbamates (subject to hydrolysis) is 1. The second-order valence-corrected chi connectivity index (χ2v) is 7.96. The fourth-order valence-corrected chi connectivity index (χ4v) is 4.37. The van der Waals surface area contributed by atoms with Crippen molar-refractivity contribution in [2.45, 2.75) is 70.1 Å². The summed E-state index contributed by atoms with van der Waals surface area (Å²) in [5.74, 6) is -1.26. The van der Waals surface area contributed by atoms with Crippen molar-refractivity contribution in [3.05, 3.63) is 35.9 Å². The molecule has 29 heavy (non-hydrogen) atoms. The fourth-order valence-electron chi connectivity index (χ4n) is 4.37. The predicted molar refractivity (Wildman–Crippen MR) is 107 cm³/mol. The molecule has 0 unspecified atom stereocenters. The topological polar surface area (TPSA) is 95.9 Å². The molecule has 2 fully saturated rings. The Balaban J connectivity index is 1.69. The van der Waals surface area contributed by atoms with E-state index in [1.54, 1.807) is 0 Å². The largest absolute Gasteiger partial charge is 0.480 e. The summed E-state index contributed by atoms with van der Waals surface area (Å²) < 4.78 is 5.32. The Labute approximate surface area is 171 Å². The molecule has 2 aliphatic rings. The lowest BCUT2D eigenvalue weighted by Crippen LogP contribution is -2.57. The van der Waals surface area contributed by atoms with Gasteiger partial charge >= 0.3 is 12.1 Å². The average molecular weight is 402 g/mol. The molecule has 1 saturated heterocycles. The van der Waals surface area contributed by atoms with Gasteiger partial charge in [0.15, 0.2) is 0 Å². The molecule has 1 saturated carbocycles. The Hall–Kier alpha value is -2.57. The molecule has 7 heteroatoms. The number of benzene rings is 1. The van der Waals surface area contributed by atoms with Gasteiger partial charge in [0.2, 0.25) is 5.91 Å². The van der Waals surface area contributed by atoms with E-state index in [2.05, 4.69) is 5.32 Å². The third-order valence-corrected chi connectivity index (χ3v) is 5.94. The van der Waals surface area contributed by atoms with Crippen LogP contribution in [0.5, 0.6) is 0 Å². The van der Waals surface area contributed by atoms with E-state index in [4.69, 9.17) is 4.74 Å². The molecule has 0 spiro atoms. The number of carbonyl (C=O) groups is 3. The first-order chi connectivity index (χ1) is 14.1. The first kappa shape index (κ1) is 21.1. The van der Waals surface area contributed by atoms with Crippen LogP contribution < -0.4 is 5.32 Å². The van der Waals surface area contributed by atoms with Gasteiger partial charge in [0.1, 0.15) is 18.7 Å². The maximum atomic E-state index is 13.3. The molecule has 3 rings (SSSR count). The highest BCUT2D eigenvalue weighted by Gasteiger charge is 2.39. The van der Waals surface area contributed by atoms with Gasteiger partial charge in [-0.1, -0.05) is 49.6 Å². The number of piperidine rings is 1. The van der Waals surface area contributed by atoms with Crippen LogP contribution in [0.15, 0.2) is 30.3 Å². The lowest BCUT2D eigenvalue weighted by Gasteiger charge is -2.38. The average Bonchev–Trinajstić information content (AvgIpc) is 2.77. The predicted octanol–water partition coefficient (Wildman–Crippen LogP) is 3.33. The zero-order valence-corrected chi connectivity index (χ0v) is 16.7. The standard InChI is InChI=1S/C22H30N2O5/c25-20(24-14-8-7-13-18(24)21(26)27)19(17-11-5-2-6-12-17)23-22(28)29-15-16-9-3-1-4-10-16/h1,3-4,9-10,17-19H,2,5-8,11-15H2,(H,23,28)(H,26,27)/t18-,19-/m0/s1. The summed E-state index contributed by atoms with van der Waals surface area (Å²) >= 11 is 0. The fraction of sp³-hybridized carbons (Fsp3) is 0.591. The van der Waals surface area contributed by atoms with Gasteiger partial charge in [0.05, 0.1) is 0 Å². The van der Waals surface area contributed by atoms with E-state index in [1.807, 2.05) is 30.3 Å². The number of nitrogens with zero attached hydrogens (tertiary/aromatic N) is 1. The number of hydrogen-bond donors (Lipinski definition) is 2. The summed E-state index contributed by atoms with van der Waals surface area (Å²) in [5, 5.41) is 12.3. The Morgan fingerprint density at radius 1 is 1.03 bits per heavy atom. The number of nitrogens with one attached hydrogen (secondary N) is 1. The summed E-state index contributed by atoms with van der Waals surface area (Å²) in [5.41, 5.74) is 0.866. The van der Waals surface area contributed by atoms with E-state index >= 15 is 0 Å². The van der Waals surface area contributed by atoms with Crippen molar-refractivity contribution >= 4 is 18.0 Å². The molecule has 2 atom stereocenters. The minimum atomic E-state index is -0.980. The first-order valence-electron chi connectivity index (χ1n) is 10.6. The third kappa shape index (κ3) is 5.71. The summed E-state index contributed by atoms with van der Waals surface area (Å²) in [6.45, 7) is 0.541. The molecular formula is C22H30N2O5. The quantitative estimate of drug-likeness (QED) is 0.761. The zero-order valence-electron chi connectivity index (χ0n) is 16.7. The highest BCUT2D eigenvalue weighted by molar-refractivity contribution is 5.89. The molecule has 1 aliphatic heterocycles. The van der Waals surface area contributed by atoms with Crippen molar-refractivity contribution in [2.75, 3.05) is 6.54 Å². The van der Waals surface area contributed by atoms with Gasteiger partial charge < -0.3 is 20.1 Å². The number of rotatable bonds is 6. The van der Waals surface area contributed by atoms with Crippen LogP contribution in [0.25, 0.3) is 0 Å². The Bertz CT molecular complexity index is 702. The van der Waals surface area contributed by atoms with Gasteiger partial charge in [0.25, 0.3) is 0 Å². The van der Waals surface area contributed by atoms with Crippen LogP contribution in [-0.2, 0) is 20.9 Å². The zero-order chi connectivity index (χ0) is 20.6. The van der Waals surface area contributed by atoms with Crippen molar-refractivity contribution in [2.24, 2.45) is 5.92 Å². The van der Waals surface area contributed by atoms with Crippen LogP contribution in [0.2, 0.25) is 0 Å². The minimum Gasteiger partial charge on any atom is -0.480 e. The van der Waals surface area contributed by atoms with Crippen LogP contribution in [0.4, 0.5) is 4.79 Å². The van der Waals surface area contributed by atoms with Crippen LogP contribution in [0.3, 0.4) is 0 Å². The van der Waals surface area contributed by atoms with Gasteiger partial charge in [-0.3, -0.25) is 4.79 Å². The third-order valence-electron chi connectivity index (χ3n) is 5.94. The molecule has 1 heterocycles. The molecule has 0 bridgehead atoms. The molecule has 158 valence electrons. The molecule has 1 aliphatic carbocycles. The minimum absolute atomic E-state index is 0.0110. The van der Waals surface area contributed by atoms with Gasteiger partial charge in [-0.15, -0.1) is 0 Å². The van der Waals surface area contributed by atoms with Gasteiger partial charge in [-0.2, -0.15) is 0 Å². The van der Waals surface area contributed by atoms with Crippen LogP contribution in [-0.4, -0.2) is 46.6 Å². The van der Waals surface area contributed by atoms with Gasteiger partial charge in [-0.25, -0.2) is 9.59 Å². The number of carboxylic acids is 1. The van der Waals surface area contributed by atoms with Gasteiger partial charge in [0, 0.05) is 6.54 Å². The Kier molecular flexibility index (Phi) is 7.49. The van der Waals surface area contributed by atoms with Crippen LogP contribution >= 0.6 is 0 Å². The number of amides is 2. The number of carboxylic acid groups (broad SMARTS) is 1. The lowest BCUT2D eigenvalue weighted by atomic mass is 9.83. The number of likely N-dealkylation sites (tertiary alicyclic amines) is 1. The molecule has 0 aromatic heterocycles. The number of ether oxygens (including phenoxy) is 1. The summed E-state index contributed by atoms with van der Waals surface area (Å²) in [4.78, 5) is 38.9. The Morgan fingerprint density at radius 2 is 1.72 bits per heavy atom. The van der Waals surface area contributed by atoms with Crippen molar-refractivity contribution in [3.8, 4) is 0 Å². The SMILES string of the molecule is O=C(N[C@H](C(=O)N1CCCC[C@H]1C(=O)O)C1CCCCC1)OCc1ccccc1. The Morgan fingerprint density at radius 3 is 2.41 bits per heavy atom. The van der Waals surface area contributed by atoms with Crippen molar-refractivity contribution in [3.63, 3.8) is 0 Å². The molecule has 7 nitrogen and oxygen atoms in total. The van der Waals surface area contributed by atoms with Crippen LogP contribution in [0, 0.1) is 5.92 Å². The summed E-state index contributed by atoms with van der Waals surface area (Å²) in [7, 11) is 0. The maximum Gasteiger partial charge on any atom is 0.408 e. The number of hydrogen-bond acceptors (Lipinski definition) is 4. The maximum absolute atomic E-state index is 13.3. The number of carbonyl (C=O) groups excluding carboxylic acids is 2. The van der Waals surface area contributed by atoms with E-state index < -0.39 is 24.1 Å². The number of aliphatic carboxylic acids is 1. The second-order valence-electron chi connectivity index (χ2n) is 7.96. The molecule has 2 N–H and O–H groups in total. The van der Waals surface area contributed by atoms with E-state index in [0.29, 0.717) is 13.0 Å².